The van der Waals surface area contributed by atoms with Crippen LogP contribution in [0.3, 0.4) is 0 Å². The van der Waals surface area contributed by atoms with E-state index in [-0.39, 0.29) is 0 Å². The molecule has 13 heavy (non-hydrogen) atoms. The third kappa shape index (κ3) is 7.06. The van der Waals surface area contributed by atoms with E-state index >= 15 is 0 Å². The lowest BCUT2D eigenvalue weighted by Crippen LogP contribution is -2.24. The minimum absolute atomic E-state index is 0.832. The molecule has 1 saturated carbocycles. The molecule has 0 aromatic rings. The Morgan fingerprint density at radius 1 is 1.15 bits per heavy atom. The molecule has 0 aromatic carbocycles. The maximum absolute atomic E-state index is 5.59. The molecule has 80 valence electrons. The molecule has 0 bridgehead atoms. The molecule has 1 heteroatoms. The van der Waals surface area contributed by atoms with Crippen LogP contribution in [-0.4, -0.2) is 6.54 Å². The fraction of sp³-hybridized carbons (Fsp3) is 1.00. The summed E-state index contributed by atoms with van der Waals surface area (Å²) in [4.78, 5) is 0. The molecule has 0 spiro atoms. The highest BCUT2D eigenvalue weighted by Crippen LogP contribution is 2.28. The van der Waals surface area contributed by atoms with Crippen LogP contribution in [0.4, 0.5) is 0 Å². The van der Waals surface area contributed by atoms with Crippen LogP contribution < -0.4 is 5.73 Å². The first-order valence-corrected chi connectivity index (χ1v) is 5.78. The van der Waals surface area contributed by atoms with Gasteiger partial charge in [0.1, 0.15) is 0 Å². The van der Waals surface area contributed by atoms with Crippen molar-refractivity contribution in [3.05, 3.63) is 0 Å². The molecule has 1 aliphatic carbocycles. The van der Waals surface area contributed by atoms with Crippen molar-refractivity contribution in [1.29, 1.82) is 0 Å². The van der Waals surface area contributed by atoms with E-state index in [1.165, 1.54) is 25.7 Å². The maximum atomic E-state index is 5.59. The predicted octanol–water partition coefficient (Wildman–Crippen LogP) is 3.43. The van der Waals surface area contributed by atoms with Gasteiger partial charge < -0.3 is 5.73 Å². The van der Waals surface area contributed by atoms with Crippen LogP contribution in [0.5, 0.6) is 0 Å². The van der Waals surface area contributed by atoms with Gasteiger partial charge in [0.15, 0.2) is 0 Å². The fourth-order valence-corrected chi connectivity index (χ4v) is 1.74. The average Bonchev–Trinajstić information content (AvgIpc) is 2.04. The van der Waals surface area contributed by atoms with Gasteiger partial charge in [0, 0.05) is 0 Å². The van der Waals surface area contributed by atoms with Crippen molar-refractivity contribution in [2.24, 2.45) is 23.5 Å². The van der Waals surface area contributed by atoms with Crippen LogP contribution in [0.2, 0.25) is 0 Å². The summed E-state index contributed by atoms with van der Waals surface area (Å²) in [5.41, 5.74) is 5.59. The average molecular weight is 185 g/mol. The monoisotopic (exact) mass is 185 g/mol. The lowest BCUT2D eigenvalue weighted by atomic mass is 9.81. The molecular weight excluding hydrogens is 158 g/mol. The third-order valence-electron chi connectivity index (χ3n) is 2.59. The van der Waals surface area contributed by atoms with Crippen LogP contribution in [-0.2, 0) is 0 Å². The van der Waals surface area contributed by atoms with Gasteiger partial charge in [-0.15, -0.1) is 0 Å². The van der Waals surface area contributed by atoms with Crippen molar-refractivity contribution in [3.8, 4) is 0 Å². The number of nitrogens with two attached hydrogens (primary N) is 1. The standard InChI is InChI=1S/C8H17N.C4H10/c1-7-4-2-3-5-8(7)6-9;1-4(2)3/h7-8H,2-6,9H2,1H3;4H,1-3H3. The smallest absolute Gasteiger partial charge is 0.00463 e. The topological polar surface area (TPSA) is 26.0 Å². The van der Waals surface area contributed by atoms with Gasteiger partial charge in [0.2, 0.25) is 0 Å². The molecule has 0 aliphatic heterocycles. The van der Waals surface area contributed by atoms with Gasteiger partial charge in [-0.05, 0) is 30.7 Å². The predicted molar refractivity (Wildman–Crippen MR) is 60.7 cm³/mol. The van der Waals surface area contributed by atoms with Gasteiger partial charge in [-0.3, -0.25) is 0 Å². The fourth-order valence-electron chi connectivity index (χ4n) is 1.74. The Labute approximate surface area is 84.1 Å². The largest absolute Gasteiger partial charge is 0.330 e. The Morgan fingerprint density at radius 3 is 1.92 bits per heavy atom. The summed E-state index contributed by atoms with van der Waals surface area (Å²) in [5.74, 6) is 2.56. The van der Waals surface area contributed by atoms with E-state index in [1.54, 1.807) is 0 Å². The Hall–Kier alpha value is -0.0400. The van der Waals surface area contributed by atoms with E-state index < -0.39 is 0 Å². The molecule has 0 heterocycles. The van der Waals surface area contributed by atoms with Gasteiger partial charge in [-0.2, -0.15) is 0 Å². The highest BCUT2D eigenvalue weighted by atomic mass is 14.6. The summed E-state index contributed by atoms with van der Waals surface area (Å²) in [7, 11) is 0. The van der Waals surface area contributed by atoms with E-state index in [1.807, 2.05) is 0 Å². The van der Waals surface area contributed by atoms with Crippen molar-refractivity contribution in [2.75, 3.05) is 6.54 Å². The van der Waals surface area contributed by atoms with Crippen molar-refractivity contribution >= 4 is 0 Å². The van der Waals surface area contributed by atoms with Crippen LogP contribution in [0.15, 0.2) is 0 Å². The highest BCUT2D eigenvalue weighted by Gasteiger charge is 2.18. The Kier molecular flexibility index (Phi) is 7.35. The lowest BCUT2D eigenvalue weighted by molar-refractivity contribution is 0.263. The summed E-state index contributed by atoms with van der Waals surface area (Å²) in [6.07, 6.45) is 5.61. The minimum Gasteiger partial charge on any atom is -0.330 e. The van der Waals surface area contributed by atoms with Gasteiger partial charge in [-0.1, -0.05) is 47.0 Å². The zero-order valence-corrected chi connectivity index (χ0v) is 9.84. The second kappa shape index (κ2) is 7.37. The van der Waals surface area contributed by atoms with Crippen LogP contribution in [0, 0.1) is 17.8 Å². The van der Waals surface area contributed by atoms with E-state index in [0.717, 1.165) is 24.3 Å². The van der Waals surface area contributed by atoms with Crippen LogP contribution in [0.1, 0.15) is 53.4 Å². The second-order valence-electron chi connectivity index (χ2n) is 4.99. The summed E-state index contributed by atoms with van der Waals surface area (Å²) in [5, 5.41) is 0. The van der Waals surface area contributed by atoms with E-state index in [4.69, 9.17) is 5.73 Å². The summed E-state index contributed by atoms with van der Waals surface area (Å²) < 4.78 is 0. The molecule has 0 aromatic heterocycles. The van der Waals surface area contributed by atoms with E-state index in [0.29, 0.717) is 0 Å². The summed E-state index contributed by atoms with van der Waals surface area (Å²) in [6.45, 7) is 9.73. The normalized spacial score (nSPS) is 28.2. The molecule has 1 aliphatic rings. The third-order valence-corrected chi connectivity index (χ3v) is 2.59. The lowest BCUT2D eigenvalue weighted by Gasteiger charge is -2.27. The van der Waals surface area contributed by atoms with Gasteiger partial charge in [0.25, 0.3) is 0 Å². The Morgan fingerprint density at radius 2 is 1.62 bits per heavy atom. The molecule has 1 nitrogen and oxygen atoms in total. The minimum atomic E-state index is 0.832. The molecule has 0 radical (unpaired) electrons. The molecular formula is C12H27N. The maximum Gasteiger partial charge on any atom is -0.00463 e. The number of rotatable bonds is 1. The van der Waals surface area contributed by atoms with Crippen molar-refractivity contribution in [3.63, 3.8) is 0 Å². The summed E-state index contributed by atoms with van der Waals surface area (Å²) in [6, 6.07) is 0. The number of hydrogen-bond acceptors (Lipinski definition) is 1. The molecule has 1 rings (SSSR count). The first-order valence-electron chi connectivity index (χ1n) is 5.78. The molecule has 0 amide bonds. The van der Waals surface area contributed by atoms with Crippen LogP contribution >= 0.6 is 0 Å². The van der Waals surface area contributed by atoms with Crippen molar-refractivity contribution in [2.45, 2.75) is 53.4 Å². The van der Waals surface area contributed by atoms with E-state index in [2.05, 4.69) is 27.7 Å². The summed E-state index contributed by atoms with van der Waals surface area (Å²) >= 11 is 0. The molecule has 0 saturated heterocycles. The van der Waals surface area contributed by atoms with Crippen molar-refractivity contribution < 1.29 is 0 Å². The van der Waals surface area contributed by atoms with Gasteiger partial charge in [-0.25, -0.2) is 0 Å². The number of hydrogen-bond donors (Lipinski definition) is 1. The quantitative estimate of drug-likeness (QED) is 0.665. The highest BCUT2D eigenvalue weighted by molar-refractivity contribution is 4.72. The van der Waals surface area contributed by atoms with Crippen LogP contribution in [0.25, 0.3) is 0 Å². The Balaban J connectivity index is 0.000000310. The van der Waals surface area contributed by atoms with E-state index in [9.17, 15) is 0 Å². The molecule has 2 atom stereocenters. The molecule has 2 unspecified atom stereocenters. The second-order valence-corrected chi connectivity index (χ2v) is 4.99. The van der Waals surface area contributed by atoms with Gasteiger partial charge in [0.05, 0.1) is 0 Å². The Bertz CT molecular complexity index is 107. The zero-order chi connectivity index (χ0) is 10.3. The zero-order valence-electron chi connectivity index (χ0n) is 9.84. The first kappa shape index (κ1) is 13.0. The SMILES string of the molecule is CC(C)C.CC1CCCCC1CN. The van der Waals surface area contributed by atoms with Crippen molar-refractivity contribution in [1.82, 2.24) is 0 Å². The molecule has 1 fully saturated rings. The first-order chi connectivity index (χ1) is 6.07. The van der Waals surface area contributed by atoms with Gasteiger partial charge >= 0.3 is 0 Å². The molecule has 2 N–H and O–H groups in total.